The fourth-order valence-corrected chi connectivity index (χ4v) is 1.56. The number of nitrogens with one attached hydrogen (secondary N) is 1. The van der Waals surface area contributed by atoms with Crippen molar-refractivity contribution < 1.29 is 9.47 Å². The molecule has 1 aliphatic rings. The van der Waals surface area contributed by atoms with Gasteiger partial charge in [-0.05, 0) is 31.8 Å². The molecule has 0 aromatic carbocycles. The van der Waals surface area contributed by atoms with Crippen LogP contribution in [0.15, 0.2) is 11.8 Å². The molecule has 1 heterocycles. The second-order valence-corrected chi connectivity index (χ2v) is 3.45. The summed E-state index contributed by atoms with van der Waals surface area (Å²) in [6.45, 7) is 1.58. The summed E-state index contributed by atoms with van der Waals surface area (Å²) in [5, 5.41) is 0. The Balaban J connectivity index is 2.32. The van der Waals surface area contributed by atoms with Crippen LogP contribution in [0.2, 0.25) is 0 Å². The Kier molecular flexibility index (Phi) is 5.59. The number of methoxy groups -OCH3 is 1. The van der Waals surface area contributed by atoms with Gasteiger partial charge in [0.05, 0.1) is 12.6 Å². The van der Waals surface area contributed by atoms with Crippen LogP contribution in [0.1, 0.15) is 25.7 Å². The zero-order chi connectivity index (χ0) is 10.2. The van der Waals surface area contributed by atoms with E-state index in [1.165, 1.54) is 0 Å². The molecule has 0 aromatic rings. The lowest BCUT2D eigenvalue weighted by Gasteiger charge is -2.22. The molecule has 0 aliphatic carbocycles. The van der Waals surface area contributed by atoms with Gasteiger partial charge in [-0.25, -0.2) is 5.43 Å². The first-order valence-corrected chi connectivity index (χ1v) is 5.16. The molecular formula is C10H20N2O2. The van der Waals surface area contributed by atoms with Crippen molar-refractivity contribution in [3.8, 4) is 0 Å². The van der Waals surface area contributed by atoms with Crippen molar-refractivity contribution in [2.75, 3.05) is 20.3 Å². The maximum absolute atomic E-state index is 5.54. The van der Waals surface area contributed by atoms with E-state index in [1.807, 2.05) is 0 Å². The fraction of sp³-hybridized carbons (Fsp3) is 0.800. The van der Waals surface area contributed by atoms with Crippen molar-refractivity contribution in [1.29, 1.82) is 0 Å². The average Bonchev–Trinajstić information content (AvgIpc) is 2.26. The van der Waals surface area contributed by atoms with Gasteiger partial charge in [0.2, 0.25) is 0 Å². The zero-order valence-electron chi connectivity index (χ0n) is 8.79. The zero-order valence-corrected chi connectivity index (χ0v) is 8.79. The minimum absolute atomic E-state index is 0.144. The molecule has 0 radical (unpaired) electrons. The van der Waals surface area contributed by atoms with E-state index in [0.717, 1.165) is 44.7 Å². The molecule has 0 saturated heterocycles. The highest BCUT2D eigenvalue weighted by Gasteiger charge is 2.15. The summed E-state index contributed by atoms with van der Waals surface area (Å²) in [6.07, 6.45) is 6.28. The van der Waals surface area contributed by atoms with Crippen LogP contribution >= 0.6 is 0 Å². The van der Waals surface area contributed by atoms with Crippen molar-refractivity contribution in [2.45, 2.75) is 31.7 Å². The summed E-state index contributed by atoms with van der Waals surface area (Å²) in [5.74, 6) is 6.47. The summed E-state index contributed by atoms with van der Waals surface area (Å²) >= 11 is 0. The normalized spacial score (nSPS) is 18.6. The predicted molar refractivity (Wildman–Crippen MR) is 55.5 cm³/mol. The molecule has 4 nitrogen and oxygen atoms in total. The first-order valence-electron chi connectivity index (χ1n) is 5.16. The van der Waals surface area contributed by atoms with Gasteiger partial charge in [-0.1, -0.05) is 0 Å². The predicted octanol–water partition coefficient (Wildman–Crippen LogP) is 0.939. The summed E-state index contributed by atoms with van der Waals surface area (Å²) in [7, 11) is 1.71. The van der Waals surface area contributed by atoms with Crippen LogP contribution in [0.3, 0.4) is 0 Å². The van der Waals surface area contributed by atoms with Crippen LogP contribution in [-0.4, -0.2) is 26.4 Å². The van der Waals surface area contributed by atoms with Gasteiger partial charge in [-0.15, -0.1) is 0 Å². The van der Waals surface area contributed by atoms with Gasteiger partial charge in [0.15, 0.2) is 0 Å². The number of rotatable bonds is 6. The van der Waals surface area contributed by atoms with E-state index >= 15 is 0 Å². The lowest BCUT2D eigenvalue weighted by Crippen LogP contribution is -2.38. The van der Waals surface area contributed by atoms with E-state index in [-0.39, 0.29) is 6.04 Å². The molecule has 0 fully saturated rings. The second kappa shape index (κ2) is 6.81. The molecule has 1 aliphatic heterocycles. The first-order chi connectivity index (χ1) is 6.88. The largest absolute Gasteiger partial charge is 0.497 e. The molecule has 0 aromatic heterocycles. The Morgan fingerprint density at radius 3 is 3.14 bits per heavy atom. The van der Waals surface area contributed by atoms with E-state index in [4.69, 9.17) is 15.3 Å². The van der Waals surface area contributed by atoms with Crippen LogP contribution in [-0.2, 0) is 9.47 Å². The van der Waals surface area contributed by atoms with Gasteiger partial charge < -0.3 is 9.47 Å². The maximum Gasteiger partial charge on any atom is 0.110 e. The van der Waals surface area contributed by atoms with Crippen LogP contribution in [0.25, 0.3) is 0 Å². The average molecular weight is 200 g/mol. The summed E-state index contributed by atoms with van der Waals surface area (Å²) in [6, 6.07) is 0.144. The number of hydrogen-bond acceptors (Lipinski definition) is 4. The lowest BCUT2D eigenvalue weighted by molar-refractivity contribution is 0.154. The highest BCUT2D eigenvalue weighted by atomic mass is 16.5. The molecule has 4 heteroatoms. The molecule has 0 spiro atoms. The van der Waals surface area contributed by atoms with Crippen LogP contribution in [0.4, 0.5) is 0 Å². The van der Waals surface area contributed by atoms with Crippen molar-refractivity contribution >= 4 is 0 Å². The third kappa shape index (κ3) is 3.65. The van der Waals surface area contributed by atoms with Crippen molar-refractivity contribution in [3.05, 3.63) is 11.8 Å². The van der Waals surface area contributed by atoms with Gasteiger partial charge in [0, 0.05) is 13.7 Å². The van der Waals surface area contributed by atoms with E-state index in [0.29, 0.717) is 0 Å². The van der Waals surface area contributed by atoms with Gasteiger partial charge in [-0.2, -0.15) is 0 Å². The molecule has 0 amide bonds. The molecule has 1 unspecified atom stereocenters. The monoisotopic (exact) mass is 200 g/mol. The Morgan fingerprint density at radius 1 is 1.71 bits per heavy atom. The Hall–Kier alpha value is -0.580. The first kappa shape index (κ1) is 11.5. The third-order valence-corrected chi connectivity index (χ3v) is 2.35. The molecule has 82 valence electrons. The summed E-state index contributed by atoms with van der Waals surface area (Å²) < 4.78 is 10.5. The van der Waals surface area contributed by atoms with Gasteiger partial charge in [0.1, 0.15) is 5.76 Å². The highest BCUT2D eigenvalue weighted by molar-refractivity contribution is 5.04. The van der Waals surface area contributed by atoms with Crippen molar-refractivity contribution in [3.63, 3.8) is 0 Å². The molecule has 3 N–H and O–H groups in total. The number of hydrogen-bond donors (Lipinski definition) is 2. The number of hydrazine groups is 1. The van der Waals surface area contributed by atoms with Gasteiger partial charge in [0.25, 0.3) is 0 Å². The Bertz CT molecular complexity index is 183. The summed E-state index contributed by atoms with van der Waals surface area (Å²) in [4.78, 5) is 0. The van der Waals surface area contributed by atoms with Gasteiger partial charge in [-0.3, -0.25) is 5.84 Å². The van der Waals surface area contributed by atoms with Crippen molar-refractivity contribution in [2.24, 2.45) is 5.84 Å². The smallest absolute Gasteiger partial charge is 0.110 e. The number of nitrogens with two attached hydrogens (primary N) is 1. The molecule has 1 rings (SSSR count). The minimum atomic E-state index is 0.144. The van der Waals surface area contributed by atoms with Crippen LogP contribution in [0.5, 0.6) is 0 Å². The number of ether oxygens (including phenoxy) is 2. The SMILES string of the molecule is COCCCC(NN)C1=CCCCO1. The minimum Gasteiger partial charge on any atom is -0.497 e. The molecular weight excluding hydrogens is 180 g/mol. The summed E-state index contributed by atoms with van der Waals surface area (Å²) in [5.41, 5.74) is 2.78. The standard InChI is InChI=1S/C10H20N2O2/c1-13-7-4-5-9(12-11)10-6-2-3-8-14-10/h6,9,12H,2-5,7-8,11H2,1H3. The molecule has 0 saturated carbocycles. The number of allylic oxidation sites excluding steroid dienone is 1. The molecule has 1 atom stereocenters. The highest BCUT2D eigenvalue weighted by Crippen LogP contribution is 2.16. The fourth-order valence-electron chi connectivity index (χ4n) is 1.56. The van der Waals surface area contributed by atoms with Crippen molar-refractivity contribution in [1.82, 2.24) is 5.43 Å². The molecule has 14 heavy (non-hydrogen) atoms. The van der Waals surface area contributed by atoms with Crippen LogP contribution < -0.4 is 11.3 Å². The second-order valence-electron chi connectivity index (χ2n) is 3.45. The van der Waals surface area contributed by atoms with Crippen LogP contribution in [0, 0.1) is 0 Å². The Morgan fingerprint density at radius 2 is 2.57 bits per heavy atom. The quantitative estimate of drug-likeness (QED) is 0.380. The lowest BCUT2D eigenvalue weighted by atomic mass is 10.1. The van der Waals surface area contributed by atoms with E-state index in [9.17, 15) is 0 Å². The van der Waals surface area contributed by atoms with E-state index < -0.39 is 0 Å². The maximum atomic E-state index is 5.54. The molecule has 0 bridgehead atoms. The van der Waals surface area contributed by atoms with E-state index in [1.54, 1.807) is 7.11 Å². The Labute approximate surface area is 85.4 Å². The van der Waals surface area contributed by atoms with E-state index in [2.05, 4.69) is 11.5 Å². The van der Waals surface area contributed by atoms with Gasteiger partial charge >= 0.3 is 0 Å². The topological polar surface area (TPSA) is 56.5 Å². The third-order valence-electron chi connectivity index (χ3n) is 2.35.